The molecule has 1 aromatic heterocycles. The van der Waals surface area contributed by atoms with Crippen molar-refractivity contribution in [3.8, 4) is 0 Å². The second-order valence-electron chi connectivity index (χ2n) is 3.44. The summed E-state index contributed by atoms with van der Waals surface area (Å²) in [6.45, 7) is 3.11. The summed E-state index contributed by atoms with van der Waals surface area (Å²) in [5.41, 5.74) is 0. The van der Waals surface area contributed by atoms with Gasteiger partial charge in [0, 0.05) is 24.1 Å². The lowest BCUT2D eigenvalue weighted by molar-refractivity contribution is 0.576. The molecule has 0 bridgehead atoms. The molecule has 4 heteroatoms. The molecule has 1 saturated heterocycles. The van der Waals surface area contributed by atoms with E-state index < -0.39 is 5.95 Å². The van der Waals surface area contributed by atoms with Gasteiger partial charge in [-0.2, -0.15) is 16.2 Å². The van der Waals surface area contributed by atoms with Crippen molar-refractivity contribution in [2.24, 2.45) is 0 Å². The van der Waals surface area contributed by atoms with Crippen LogP contribution in [0, 0.1) is 5.95 Å². The molecule has 1 aromatic rings. The maximum atomic E-state index is 12.9. The van der Waals surface area contributed by atoms with E-state index in [4.69, 9.17) is 0 Å². The standard InChI is InChI=1S/C10H13FN2S/c1-8-7-14-6-5-13(8)10-4-2-3-9(11)12-10/h2-4,8H,5-7H2,1H3. The van der Waals surface area contributed by atoms with Crippen molar-refractivity contribution in [1.82, 2.24) is 4.98 Å². The predicted octanol–water partition coefficient (Wildman–Crippen LogP) is 2.16. The minimum absolute atomic E-state index is 0.395. The highest BCUT2D eigenvalue weighted by Gasteiger charge is 2.19. The Hall–Kier alpha value is -0.770. The van der Waals surface area contributed by atoms with E-state index in [2.05, 4.69) is 16.8 Å². The SMILES string of the molecule is CC1CSCCN1c1cccc(F)n1. The van der Waals surface area contributed by atoms with Gasteiger partial charge < -0.3 is 4.90 Å². The van der Waals surface area contributed by atoms with E-state index in [-0.39, 0.29) is 0 Å². The minimum atomic E-state index is -0.395. The van der Waals surface area contributed by atoms with Crippen molar-refractivity contribution in [2.75, 3.05) is 23.0 Å². The molecule has 2 rings (SSSR count). The Morgan fingerprint density at radius 2 is 2.43 bits per heavy atom. The highest BCUT2D eigenvalue weighted by atomic mass is 32.2. The van der Waals surface area contributed by atoms with Crippen LogP contribution in [0.3, 0.4) is 0 Å². The molecule has 0 radical (unpaired) electrons. The summed E-state index contributed by atoms with van der Waals surface area (Å²) in [5.74, 6) is 2.56. The molecular formula is C10H13FN2S. The third-order valence-corrected chi connectivity index (χ3v) is 3.55. The normalized spacial score (nSPS) is 22.4. The minimum Gasteiger partial charge on any atom is -0.352 e. The molecule has 1 unspecified atom stereocenters. The summed E-state index contributed by atoms with van der Waals surface area (Å²) >= 11 is 1.94. The quantitative estimate of drug-likeness (QED) is 0.664. The van der Waals surface area contributed by atoms with Crippen molar-refractivity contribution < 1.29 is 4.39 Å². The third kappa shape index (κ3) is 2.00. The van der Waals surface area contributed by atoms with E-state index in [0.29, 0.717) is 6.04 Å². The van der Waals surface area contributed by atoms with E-state index in [1.54, 1.807) is 6.07 Å². The molecule has 1 atom stereocenters. The first-order chi connectivity index (χ1) is 6.77. The van der Waals surface area contributed by atoms with Crippen molar-refractivity contribution in [3.05, 3.63) is 24.1 Å². The smallest absolute Gasteiger partial charge is 0.214 e. The fourth-order valence-electron chi connectivity index (χ4n) is 1.63. The van der Waals surface area contributed by atoms with Crippen molar-refractivity contribution >= 4 is 17.6 Å². The van der Waals surface area contributed by atoms with E-state index in [1.807, 2.05) is 17.8 Å². The summed E-state index contributed by atoms with van der Waals surface area (Å²) in [6.07, 6.45) is 0. The number of hydrogen-bond acceptors (Lipinski definition) is 3. The first-order valence-corrected chi connectivity index (χ1v) is 5.90. The zero-order valence-corrected chi connectivity index (χ0v) is 8.93. The molecule has 0 saturated carbocycles. The number of rotatable bonds is 1. The topological polar surface area (TPSA) is 16.1 Å². The van der Waals surface area contributed by atoms with E-state index >= 15 is 0 Å². The molecule has 14 heavy (non-hydrogen) atoms. The number of hydrogen-bond donors (Lipinski definition) is 0. The molecule has 2 nitrogen and oxygen atoms in total. The van der Waals surface area contributed by atoms with Gasteiger partial charge in [0.05, 0.1) is 0 Å². The Morgan fingerprint density at radius 3 is 3.14 bits per heavy atom. The van der Waals surface area contributed by atoms with Crippen molar-refractivity contribution in [2.45, 2.75) is 13.0 Å². The van der Waals surface area contributed by atoms with Gasteiger partial charge in [0.15, 0.2) is 0 Å². The Labute approximate surface area is 87.5 Å². The Bertz CT molecular complexity index is 319. The van der Waals surface area contributed by atoms with Crippen LogP contribution in [-0.2, 0) is 0 Å². The van der Waals surface area contributed by atoms with Gasteiger partial charge in [0.1, 0.15) is 5.82 Å². The van der Waals surface area contributed by atoms with Crippen LogP contribution in [0.5, 0.6) is 0 Å². The van der Waals surface area contributed by atoms with Gasteiger partial charge in [0.2, 0.25) is 5.95 Å². The fraction of sp³-hybridized carbons (Fsp3) is 0.500. The molecule has 1 aliphatic heterocycles. The number of anilines is 1. The molecule has 0 aliphatic carbocycles. The van der Waals surface area contributed by atoms with Crippen LogP contribution in [0.2, 0.25) is 0 Å². The van der Waals surface area contributed by atoms with Gasteiger partial charge in [0.25, 0.3) is 0 Å². The molecule has 2 heterocycles. The monoisotopic (exact) mass is 212 g/mol. The average Bonchev–Trinajstić information content (AvgIpc) is 2.18. The molecule has 0 spiro atoms. The van der Waals surface area contributed by atoms with Gasteiger partial charge in [-0.3, -0.25) is 0 Å². The first kappa shape index (κ1) is 9.77. The Balaban J connectivity index is 2.20. The fourth-order valence-corrected chi connectivity index (χ4v) is 2.64. The van der Waals surface area contributed by atoms with Crippen molar-refractivity contribution in [1.29, 1.82) is 0 Å². The first-order valence-electron chi connectivity index (χ1n) is 4.74. The summed E-state index contributed by atoms with van der Waals surface area (Å²) < 4.78 is 12.9. The number of aromatic nitrogens is 1. The molecular weight excluding hydrogens is 199 g/mol. The molecule has 0 N–H and O–H groups in total. The van der Waals surface area contributed by atoms with Crippen LogP contribution in [0.4, 0.5) is 10.2 Å². The molecule has 76 valence electrons. The zero-order valence-electron chi connectivity index (χ0n) is 8.11. The molecule has 0 aromatic carbocycles. The van der Waals surface area contributed by atoms with Gasteiger partial charge in [-0.15, -0.1) is 0 Å². The Morgan fingerprint density at radius 1 is 1.57 bits per heavy atom. The highest BCUT2D eigenvalue weighted by molar-refractivity contribution is 7.99. The summed E-state index contributed by atoms with van der Waals surface area (Å²) in [4.78, 5) is 6.06. The lowest BCUT2D eigenvalue weighted by Gasteiger charge is -2.33. The summed E-state index contributed by atoms with van der Waals surface area (Å²) in [6, 6.07) is 5.41. The third-order valence-electron chi connectivity index (χ3n) is 2.36. The summed E-state index contributed by atoms with van der Waals surface area (Å²) in [5, 5.41) is 0. The summed E-state index contributed by atoms with van der Waals surface area (Å²) in [7, 11) is 0. The number of nitrogens with zero attached hydrogens (tertiary/aromatic N) is 2. The zero-order chi connectivity index (χ0) is 9.97. The van der Waals surface area contributed by atoms with Crippen LogP contribution in [0.15, 0.2) is 18.2 Å². The van der Waals surface area contributed by atoms with E-state index in [9.17, 15) is 4.39 Å². The van der Waals surface area contributed by atoms with Crippen LogP contribution in [-0.4, -0.2) is 29.1 Å². The van der Waals surface area contributed by atoms with Crippen LogP contribution >= 0.6 is 11.8 Å². The van der Waals surface area contributed by atoms with Crippen molar-refractivity contribution in [3.63, 3.8) is 0 Å². The van der Waals surface area contributed by atoms with Crippen LogP contribution in [0.1, 0.15) is 6.92 Å². The van der Waals surface area contributed by atoms with E-state index in [0.717, 1.165) is 23.9 Å². The maximum Gasteiger partial charge on any atom is 0.214 e. The number of pyridine rings is 1. The van der Waals surface area contributed by atoms with Crippen LogP contribution in [0.25, 0.3) is 0 Å². The average molecular weight is 212 g/mol. The second kappa shape index (κ2) is 4.17. The lowest BCUT2D eigenvalue weighted by atomic mass is 10.3. The number of thioether (sulfide) groups is 1. The Kier molecular flexibility index (Phi) is 2.91. The lowest BCUT2D eigenvalue weighted by Crippen LogP contribution is -2.40. The van der Waals surface area contributed by atoms with Gasteiger partial charge in [-0.1, -0.05) is 6.07 Å². The highest BCUT2D eigenvalue weighted by Crippen LogP contribution is 2.21. The second-order valence-corrected chi connectivity index (χ2v) is 4.59. The predicted molar refractivity (Wildman–Crippen MR) is 58.3 cm³/mol. The maximum absolute atomic E-state index is 12.9. The van der Waals surface area contributed by atoms with Gasteiger partial charge >= 0.3 is 0 Å². The molecule has 0 amide bonds. The number of halogens is 1. The molecule has 1 aliphatic rings. The molecule has 1 fully saturated rings. The van der Waals surface area contributed by atoms with Gasteiger partial charge in [-0.25, -0.2) is 4.98 Å². The van der Waals surface area contributed by atoms with E-state index in [1.165, 1.54) is 6.07 Å². The van der Waals surface area contributed by atoms with Crippen LogP contribution < -0.4 is 4.90 Å². The largest absolute Gasteiger partial charge is 0.352 e. The van der Waals surface area contributed by atoms with Gasteiger partial charge in [-0.05, 0) is 19.1 Å².